The van der Waals surface area contributed by atoms with Crippen molar-refractivity contribution in [3.8, 4) is 11.4 Å². The lowest BCUT2D eigenvalue weighted by Gasteiger charge is -1.91. The number of H-pyrrole nitrogens is 1. The van der Waals surface area contributed by atoms with Crippen molar-refractivity contribution in [2.24, 2.45) is 0 Å². The molecule has 0 bridgehead atoms. The number of hydrogen-bond donors (Lipinski definition) is 1. The Labute approximate surface area is 64.1 Å². The average molecular weight is 144 g/mol. The second kappa shape index (κ2) is 2.54. The Morgan fingerprint density at radius 1 is 1.36 bits per heavy atom. The van der Waals surface area contributed by atoms with Crippen LogP contribution in [0.2, 0.25) is 0 Å². The number of aromatic amines is 1. The van der Waals surface area contributed by atoms with Gasteiger partial charge in [-0.15, -0.1) is 0 Å². The molecule has 0 aliphatic carbocycles. The number of hydrogen-bond acceptors (Lipinski definition) is 2. The predicted molar refractivity (Wildman–Crippen MR) is 40.7 cm³/mol. The molecule has 2 aromatic heterocycles. The minimum atomic E-state index is 0.804. The number of pyridine rings is 1. The average Bonchev–Trinajstić information content (AvgIpc) is 2.58. The van der Waals surface area contributed by atoms with Crippen molar-refractivity contribution in [2.45, 2.75) is 0 Å². The summed E-state index contributed by atoms with van der Waals surface area (Å²) < 4.78 is 0. The zero-order valence-electron chi connectivity index (χ0n) is 5.78. The summed E-state index contributed by atoms with van der Waals surface area (Å²) in [5, 5.41) is 0. The predicted octanol–water partition coefficient (Wildman–Crippen LogP) is 1.27. The minimum absolute atomic E-state index is 0.804. The van der Waals surface area contributed by atoms with Gasteiger partial charge in [-0.2, -0.15) is 0 Å². The normalized spacial score (nSPS) is 9.82. The maximum Gasteiger partial charge on any atom is 0.139 e. The van der Waals surface area contributed by atoms with E-state index < -0.39 is 0 Å². The summed E-state index contributed by atoms with van der Waals surface area (Å²) in [6, 6.07) is 3.76. The van der Waals surface area contributed by atoms with Crippen LogP contribution in [0.4, 0.5) is 0 Å². The highest BCUT2D eigenvalue weighted by Gasteiger charge is 1.96. The van der Waals surface area contributed by atoms with Crippen molar-refractivity contribution in [3.63, 3.8) is 0 Å². The van der Waals surface area contributed by atoms with Crippen molar-refractivity contribution in [2.75, 3.05) is 0 Å². The van der Waals surface area contributed by atoms with Gasteiger partial charge in [0.05, 0.1) is 0 Å². The van der Waals surface area contributed by atoms with Crippen LogP contribution in [0.15, 0.2) is 30.7 Å². The molecule has 2 aromatic rings. The molecule has 0 spiro atoms. The Bertz CT molecular complexity index is 312. The highest BCUT2D eigenvalue weighted by molar-refractivity contribution is 5.51. The van der Waals surface area contributed by atoms with Crippen LogP contribution in [-0.2, 0) is 0 Å². The topological polar surface area (TPSA) is 41.6 Å². The molecule has 0 atom stereocenters. The van der Waals surface area contributed by atoms with Crippen LogP contribution in [0, 0.1) is 6.20 Å². The summed E-state index contributed by atoms with van der Waals surface area (Å²) in [5.74, 6) is 0.804. The van der Waals surface area contributed by atoms with E-state index in [0.29, 0.717) is 0 Å². The molecule has 1 N–H and O–H groups in total. The van der Waals surface area contributed by atoms with Crippen molar-refractivity contribution >= 4 is 0 Å². The van der Waals surface area contributed by atoms with Crippen LogP contribution in [0.1, 0.15) is 0 Å². The molecule has 53 valence electrons. The third-order valence-corrected chi connectivity index (χ3v) is 1.36. The molecule has 0 aromatic carbocycles. The molecule has 0 aliphatic heterocycles. The second-order valence-electron chi connectivity index (χ2n) is 2.10. The Kier molecular flexibility index (Phi) is 1.41. The van der Waals surface area contributed by atoms with Crippen molar-refractivity contribution < 1.29 is 0 Å². The van der Waals surface area contributed by atoms with Gasteiger partial charge in [0, 0.05) is 24.2 Å². The van der Waals surface area contributed by atoms with Crippen LogP contribution in [0.25, 0.3) is 11.4 Å². The SMILES string of the molecule is [c]1ncccc1-c1ncc[nH]1. The first-order valence-electron chi connectivity index (χ1n) is 3.29. The molecule has 3 heteroatoms. The maximum absolute atomic E-state index is 4.06. The molecule has 0 aliphatic rings. The Morgan fingerprint density at radius 3 is 3.00 bits per heavy atom. The van der Waals surface area contributed by atoms with E-state index in [-0.39, 0.29) is 0 Å². The van der Waals surface area contributed by atoms with Crippen LogP contribution in [0.3, 0.4) is 0 Å². The van der Waals surface area contributed by atoms with E-state index >= 15 is 0 Å². The number of aromatic nitrogens is 3. The van der Waals surface area contributed by atoms with Crippen molar-refractivity contribution in [3.05, 3.63) is 36.9 Å². The number of imidazole rings is 1. The molecule has 0 unspecified atom stereocenters. The summed E-state index contributed by atoms with van der Waals surface area (Å²) in [6.07, 6.45) is 7.99. The first kappa shape index (κ1) is 6.09. The molecule has 1 radical (unpaired) electrons. The van der Waals surface area contributed by atoms with E-state index in [1.165, 1.54) is 0 Å². The van der Waals surface area contributed by atoms with Crippen molar-refractivity contribution in [1.82, 2.24) is 15.0 Å². The zero-order valence-corrected chi connectivity index (χ0v) is 5.78. The number of nitrogens with one attached hydrogen (secondary N) is 1. The first-order chi connectivity index (χ1) is 5.47. The molecule has 3 nitrogen and oxygen atoms in total. The summed E-state index contributed by atoms with van der Waals surface area (Å²) in [7, 11) is 0. The minimum Gasteiger partial charge on any atom is -0.345 e. The fourth-order valence-electron chi connectivity index (χ4n) is 0.871. The quantitative estimate of drug-likeness (QED) is 0.654. The largest absolute Gasteiger partial charge is 0.345 e. The first-order valence-corrected chi connectivity index (χ1v) is 3.29. The van der Waals surface area contributed by atoms with Gasteiger partial charge in [-0.25, -0.2) is 4.98 Å². The van der Waals surface area contributed by atoms with E-state index in [9.17, 15) is 0 Å². The van der Waals surface area contributed by atoms with Gasteiger partial charge in [0.1, 0.15) is 12.0 Å². The van der Waals surface area contributed by atoms with Gasteiger partial charge >= 0.3 is 0 Å². The fourth-order valence-corrected chi connectivity index (χ4v) is 0.871. The van der Waals surface area contributed by atoms with E-state index in [1.807, 2.05) is 12.1 Å². The van der Waals surface area contributed by atoms with Crippen LogP contribution in [-0.4, -0.2) is 15.0 Å². The Morgan fingerprint density at radius 2 is 2.36 bits per heavy atom. The summed E-state index contributed by atoms with van der Waals surface area (Å²) in [4.78, 5) is 10.9. The summed E-state index contributed by atoms with van der Waals surface area (Å²) in [6.45, 7) is 0. The lowest BCUT2D eigenvalue weighted by molar-refractivity contribution is 1.25. The molecule has 2 heterocycles. The third-order valence-electron chi connectivity index (χ3n) is 1.36. The zero-order chi connectivity index (χ0) is 7.52. The van der Waals surface area contributed by atoms with Crippen molar-refractivity contribution in [1.29, 1.82) is 0 Å². The van der Waals surface area contributed by atoms with Crippen LogP contribution in [0.5, 0.6) is 0 Å². The van der Waals surface area contributed by atoms with Gasteiger partial charge in [0.15, 0.2) is 0 Å². The highest BCUT2D eigenvalue weighted by atomic mass is 14.9. The van der Waals surface area contributed by atoms with Crippen LogP contribution >= 0.6 is 0 Å². The van der Waals surface area contributed by atoms with Crippen LogP contribution < -0.4 is 0 Å². The molecule has 0 saturated carbocycles. The molecular formula is C8H6N3. The van der Waals surface area contributed by atoms with E-state index in [2.05, 4.69) is 21.1 Å². The summed E-state index contributed by atoms with van der Waals surface area (Å²) >= 11 is 0. The van der Waals surface area contributed by atoms with E-state index in [4.69, 9.17) is 0 Å². The number of rotatable bonds is 1. The Hall–Kier alpha value is -1.64. The standard InChI is InChI=1S/C8H6N3/c1-2-7(6-9-3-1)8-10-4-5-11-8/h1-5H,(H,10,11). The monoisotopic (exact) mass is 144 g/mol. The van der Waals surface area contributed by atoms with Gasteiger partial charge in [-0.1, -0.05) is 0 Å². The van der Waals surface area contributed by atoms with E-state index in [0.717, 1.165) is 11.4 Å². The van der Waals surface area contributed by atoms with Gasteiger partial charge in [0.25, 0.3) is 0 Å². The van der Waals surface area contributed by atoms with E-state index in [1.54, 1.807) is 18.6 Å². The van der Waals surface area contributed by atoms with Gasteiger partial charge in [-0.05, 0) is 12.1 Å². The molecule has 11 heavy (non-hydrogen) atoms. The maximum atomic E-state index is 4.06. The second-order valence-corrected chi connectivity index (χ2v) is 2.10. The fraction of sp³-hybridized carbons (Fsp3) is 0. The molecule has 0 saturated heterocycles. The molecular weight excluding hydrogens is 138 g/mol. The number of nitrogens with zero attached hydrogens (tertiary/aromatic N) is 2. The van der Waals surface area contributed by atoms with Gasteiger partial charge in [-0.3, -0.25) is 4.98 Å². The third kappa shape index (κ3) is 1.12. The smallest absolute Gasteiger partial charge is 0.139 e. The Balaban J connectivity index is 2.46. The van der Waals surface area contributed by atoms with Gasteiger partial charge < -0.3 is 4.98 Å². The molecule has 2 rings (SSSR count). The highest BCUT2D eigenvalue weighted by Crippen LogP contribution is 2.09. The summed E-state index contributed by atoms with van der Waals surface area (Å²) in [5.41, 5.74) is 0.887. The molecule has 0 fully saturated rings. The van der Waals surface area contributed by atoms with Gasteiger partial charge in [0.2, 0.25) is 0 Å². The lowest BCUT2D eigenvalue weighted by atomic mass is 10.3. The lowest BCUT2D eigenvalue weighted by Crippen LogP contribution is -1.80. The molecule has 0 amide bonds.